The number of halogens is 2. The molecule has 0 radical (unpaired) electrons. The van der Waals surface area contributed by atoms with Gasteiger partial charge in [-0.1, -0.05) is 141 Å². The Morgan fingerprint density at radius 2 is 0.750 bits per heavy atom. The van der Waals surface area contributed by atoms with Crippen LogP contribution in [0, 0.1) is 0 Å². The summed E-state index contributed by atoms with van der Waals surface area (Å²) in [5.41, 5.74) is 3.92. The number of benzene rings is 4. The first kappa shape index (κ1) is 23.1. The molecular formula is C30H28F2. The molecule has 1 aliphatic rings. The fourth-order valence-corrected chi connectivity index (χ4v) is 3.80. The molecule has 5 rings (SSSR count). The predicted octanol–water partition coefficient (Wildman–Crippen LogP) is 8.70. The normalized spacial score (nSPS) is 18.2. The average molecular weight is 427 g/mol. The highest BCUT2D eigenvalue weighted by atomic mass is 19.3. The van der Waals surface area contributed by atoms with Gasteiger partial charge in [-0.25, -0.2) is 8.78 Å². The first-order valence-electron chi connectivity index (χ1n) is 10.4. The van der Waals surface area contributed by atoms with E-state index in [4.69, 9.17) is 0 Å². The summed E-state index contributed by atoms with van der Waals surface area (Å²) in [6.07, 6.45) is 4.24. The first-order valence-corrected chi connectivity index (χ1v) is 10.4. The van der Waals surface area contributed by atoms with Crippen LogP contribution in [0.1, 0.15) is 41.5 Å². The molecule has 0 amide bonds. The summed E-state index contributed by atoms with van der Waals surface area (Å²) in [6, 6.07) is 38.7. The Bertz CT molecular complexity index is 1000. The standard InChI is InChI=1S/C15H12F2.C14H12.CH4/c16-15(17)13(11-7-3-1-4-8-11)14(15)12-9-5-2-6-10-12;1-3-7-13(8-4-1)11-12-14-9-5-2-6-10-14;/h1-10,13-14H;1-12H;1H4/b;12-11+;/t13-,14-;;/m1../s1. The minimum absolute atomic E-state index is 0. The Morgan fingerprint density at radius 3 is 1.06 bits per heavy atom. The quantitative estimate of drug-likeness (QED) is 0.286. The van der Waals surface area contributed by atoms with Gasteiger partial charge in [-0.3, -0.25) is 0 Å². The highest BCUT2D eigenvalue weighted by Gasteiger charge is 2.69. The Kier molecular flexibility index (Phi) is 7.72. The monoisotopic (exact) mass is 426 g/mol. The second kappa shape index (κ2) is 10.7. The van der Waals surface area contributed by atoms with Gasteiger partial charge >= 0.3 is 0 Å². The summed E-state index contributed by atoms with van der Waals surface area (Å²) in [7, 11) is 0. The maximum Gasteiger partial charge on any atom is 0.263 e. The highest BCUT2D eigenvalue weighted by molar-refractivity contribution is 5.69. The molecular weight excluding hydrogens is 398 g/mol. The zero-order valence-electron chi connectivity index (χ0n) is 17.1. The minimum atomic E-state index is -2.61. The van der Waals surface area contributed by atoms with E-state index in [1.807, 2.05) is 72.8 Å². The van der Waals surface area contributed by atoms with Crippen LogP contribution < -0.4 is 0 Å². The van der Waals surface area contributed by atoms with Gasteiger partial charge in [0.1, 0.15) is 0 Å². The molecule has 0 aliphatic heterocycles. The van der Waals surface area contributed by atoms with Gasteiger partial charge in [-0.15, -0.1) is 0 Å². The highest BCUT2D eigenvalue weighted by Crippen LogP contribution is 2.66. The molecule has 4 aromatic rings. The van der Waals surface area contributed by atoms with E-state index in [0.29, 0.717) is 0 Å². The first-order chi connectivity index (χ1) is 15.2. The molecule has 0 nitrogen and oxygen atoms in total. The molecule has 0 bridgehead atoms. The molecule has 0 N–H and O–H groups in total. The second-order valence-electron chi connectivity index (χ2n) is 7.61. The molecule has 1 aliphatic carbocycles. The third-order valence-electron chi connectivity index (χ3n) is 5.44. The van der Waals surface area contributed by atoms with Gasteiger partial charge in [0.25, 0.3) is 5.92 Å². The van der Waals surface area contributed by atoms with E-state index in [0.717, 1.165) is 11.1 Å². The lowest BCUT2D eigenvalue weighted by Crippen LogP contribution is -1.94. The van der Waals surface area contributed by atoms with Crippen molar-refractivity contribution in [1.29, 1.82) is 0 Å². The molecule has 0 saturated heterocycles. The zero-order chi connectivity index (χ0) is 21.5. The van der Waals surface area contributed by atoms with Gasteiger partial charge in [-0.05, 0) is 22.3 Å². The molecule has 0 heterocycles. The van der Waals surface area contributed by atoms with Crippen molar-refractivity contribution in [1.82, 2.24) is 0 Å². The summed E-state index contributed by atoms with van der Waals surface area (Å²) < 4.78 is 27.7. The lowest BCUT2D eigenvalue weighted by atomic mass is 10.0. The Hall–Kier alpha value is -3.52. The van der Waals surface area contributed by atoms with Crippen LogP contribution in [0.3, 0.4) is 0 Å². The van der Waals surface area contributed by atoms with Crippen molar-refractivity contribution in [3.63, 3.8) is 0 Å². The van der Waals surface area contributed by atoms with Gasteiger partial charge in [0.2, 0.25) is 0 Å². The van der Waals surface area contributed by atoms with Crippen molar-refractivity contribution >= 4 is 12.2 Å². The maximum atomic E-state index is 13.8. The molecule has 1 fully saturated rings. The summed E-state index contributed by atoms with van der Waals surface area (Å²) in [5, 5.41) is 0. The molecule has 2 heteroatoms. The van der Waals surface area contributed by atoms with E-state index in [1.54, 1.807) is 24.3 Å². The van der Waals surface area contributed by atoms with Crippen LogP contribution >= 0.6 is 0 Å². The SMILES string of the molecule is C.C(=C\c1ccccc1)/c1ccccc1.FC1(F)[C@H](c2ccccc2)[C@H]1c1ccccc1. The third-order valence-corrected chi connectivity index (χ3v) is 5.44. The molecule has 0 unspecified atom stereocenters. The van der Waals surface area contributed by atoms with Crippen LogP contribution in [0.15, 0.2) is 121 Å². The Balaban J connectivity index is 0.000000178. The lowest BCUT2D eigenvalue weighted by Gasteiger charge is -1.97. The van der Waals surface area contributed by atoms with Crippen LogP contribution in [0.2, 0.25) is 0 Å². The van der Waals surface area contributed by atoms with E-state index in [9.17, 15) is 8.78 Å². The van der Waals surface area contributed by atoms with Crippen molar-refractivity contribution in [2.75, 3.05) is 0 Å². The predicted molar refractivity (Wildman–Crippen MR) is 132 cm³/mol. The summed E-state index contributed by atoms with van der Waals surface area (Å²) in [6.45, 7) is 0. The Labute approximate surface area is 189 Å². The molecule has 0 aromatic heterocycles. The lowest BCUT2D eigenvalue weighted by molar-refractivity contribution is 0.105. The fourth-order valence-electron chi connectivity index (χ4n) is 3.80. The van der Waals surface area contributed by atoms with Crippen molar-refractivity contribution in [3.05, 3.63) is 144 Å². The fraction of sp³-hybridized carbons (Fsp3) is 0.133. The van der Waals surface area contributed by atoms with E-state index in [-0.39, 0.29) is 7.43 Å². The smallest absolute Gasteiger partial charge is 0.205 e. The topological polar surface area (TPSA) is 0 Å². The van der Waals surface area contributed by atoms with Crippen LogP contribution in [-0.4, -0.2) is 5.92 Å². The molecule has 162 valence electrons. The molecule has 0 spiro atoms. The van der Waals surface area contributed by atoms with E-state index < -0.39 is 17.8 Å². The van der Waals surface area contributed by atoms with Crippen LogP contribution in [-0.2, 0) is 0 Å². The number of rotatable bonds is 4. The minimum Gasteiger partial charge on any atom is -0.205 e. The second-order valence-corrected chi connectivity index (χ2v) is 7.61. The average Bonchev–Trinajstić information content (AvgIpc) is 3.42. The van der Waals surface area contributed by atoms with E-state index >= 15 is 0 Å². The molecule has 4 aromatic carbocycles. The van der Waals surface area contributed by atoms with Crippen molar-refractivity contribution in [2.24, 2.45) is 0 Å². The van der Waals surface area contributed by atoms with Crippen LogP contribution in [0.5, 0.6) is 0 Å². The summed E-state index contributed by atoms with van der Waals surface area (Å²) in [4.78, 5) is 0. The summed E-state index contributed by atoms with van der Waals surface area (Å²) >= 11 is 0. The van der Waals surface area contributed by atoms with Crippen molar-refractivity contribution in [2.45, 2.75) is 25.2 Å². The third kappa shape index (κ3) is 5.59. The van der Waals surface area contributed by atoms with Crippen molar-refractivity contribution in [3.8, 4) is 0 Å². The zero-order valence-corrected chi connectivity index (χ0v) is 17.1. The van der Waals surface area contributed by atoms with E-state index in [1.165, 1.54) is 11.1 Å². The van der Waals surface area contributed by atoms with Gasteiger partial charge in [0, 0.05) is 0 Å². The van der Waals surface area contributed by atoms with Gasteiger partial charge in [0.15, 0.2) is 0 Å². The number of hydrogen-bond acceptors (Lipinski definition) is 0. The number of alkyl halides is 2. The largest absolute Gasteiger partial charge is 0.263 e. The van der Waals surface area contributed by atoms with Gasteiger partial charge in [0.05, 0.1) is 11.8 Å². The maximum absolute atomic E-state index is 13.8. The van der Waals surface area contributed by atoms with Crippen LogP contribution in [0.25, 0.3) is 12.2 Å². The Morgan fingerprint density at radius 1 is 0.469 bits per heavy atom. The van der Waals surface area contributed by atoms with Crippen LogP contribution in [0.4, 0.5) is 8.78 Å². The van der Waals surface area contributed by atoms with Crippen molar-refractivity contribution < 1.29 is 8.78 Å². The van der Waals surface area contributed by atoms with Gasteiger partial charge in [-0.2, -0.15) is 0 Å². The molecule has 1 saturated carbocycles. The van der Waals surface area contributed by atoms with E-state index in [2.05, 4.69) is 36.4 Å². The van der Waals surface area contributed by atoms with Gasteiger partial charge < -0.3 is 0 Å². The summed E-state index contributed by atoms with van der Waals surface area (Å²) in [5.74, 6) is -3.93. The number of hydrogen-bond donors (Lipinski definition) is 0. The molecule has 2 atom stereocenters. The molecule has 32 heavy (non-hydrogen) atoms.